The van der Waals surface area contributed by atoms with E-state index in [-0.39, 0.29) is 6.04 Å². The van der Waals surface area contributed by atoms with Crippen LogP contribution in [0.2, 0.25) is 0 Å². The summed E-state index contributed by atoms with van der Waals surface area (Å²) in [6, 6.07) is 4.07. The van der Waals surface area contributed by atoms with E-state index in [0.717, 1.165) is 30.8 Å². The van der Waals surface area contributed by atoms with E-state index in [1.165, 1.54) is 19.2 Å². The number of fused-ring (bicyclic) bond motifs is 1. The molecule has 8 heteroatoms. The van der Waals surface area contributed by atoms with Gasteiger partial charge in [0.1, 0.15) is 11.5 Å². The van der Waals surface area contributed by atoms with E-state index in [0.29, 0.717) is 23.5 Å². The topological polar surface area (TPSA) is 105 Å². The highest BCUT2D eigenvalue weighted by molar-refractivity contribution is 6.16. The van der Waals surface area contributed by atoms with Crippen LogP contribution in [0.25, 0.3) is 0 Å². The summed E-state index contributed by atoms with van der Waals surface area (Å²) in [6.07, 6.45) is 11.8. The first-order valence-electron chi connectivity index (χ1n) is 9.43. The number of aromatic nitrogens is 3. The maximum atomic E-state index is 8.61. The van der Waals surface area contributed by atoms with Crippen molar-refractivity contribution in [1.82, 2.24) is 15.0 Å². The molecule has 1 fully saturated rings. The molecule has 1 aliphatic carbocycles. The quantitative estimate of drug-likeness (QED) is 0.553. The average molecular weight is 364 g/mol. The summed E-state index contributed by atoms with van der Waals surface area (Å²) < 4.78 is 0. The van der Waals surface area contributed by atoms with E-state index in [1.807, 2.05) is 12.1 Å². The summed E-state index contributed by atoms with van der Waals surface area (Å²) in [5, 5.41) is 19.6. The SMILES string of the molecule is CC[C@@H]1C(=N)N(C=N)c2cnc(Nc3cccnc3)nc2N1C1CCCC1. The zero-order valence-corrected chi connectivity index (χ0v) is 15.4. The summed E-state index contributed by atoms with van der Waals surface area (Å²) in [7, 11) is 0. The lowest BCUT2D eigenvalue weighted by Crippen LogP contribution is -2.56. The Morgan fingerprint density at radius 3 is 2.78 bits per heavy atom. The fourth-order valence-electron chi connectivity index (χ4n) is 4.06. The highest BCUT2D eigenvalue weighted by Crippen LogP contribution is 2.40. The van der Waals surface area contributed by atoms with Crippen molar-refractivity contribution in [1.29, 1.82) is 10.8 Å². The maximum absolute atomic E-state index is 8.61. The average Bonchev–Trinajstić information content (AvgIpc) is 3.22. The second kappa shape index (κ2) is 7.30. The van der Waals surface area contributed by atoms with Crippen molar-refractivity contribution in [2.75, 3.05) is 15.1 Å². The van der Waals surface area contributed by atoms with Crippen molar-refractivity contribution in [3.05, 3.63) is 30.7 Å². The Morgan fingerprint density at radius 1 is 1.30 bits per heavy atom. The lowest BCUT2D eigenvalue weighted by molar-refractivity contribution is 0.548. The molecule has 0 saturated heterocycles. The third kappa shape index (κ3) is 3.11. The number of rotatable bonds is 5. The molecule has 1 aliphatic heterocycles. The lowest BCUT2D eigenvalue weighted by Gasteiger charge is -2.44. The van der Waals surface area contributed by atoms with Crippen LogP contribution in [-0.2, 0) is 0 Å². The van der Waals surface area contributed by atoms with E-state index < -0.39 is 0 Å². The number of anilines is 4. The Balaban J connectivity index is 1.77. The predicted molar refractivity (Wildman–Crippen MR) is 107 cm³/mol. The van der Waals surface area contributed by atoms with Crippen molar-refractivity contribution in [3.63, 3.8) is 0 Å². The Bertz CT molecular complexity index is 831. The zero-order chi connectivity index (χ0) is 18.8. The Hall–Kier alpha value is -3.03. The largest absolute Gasteiger partial charge is 0.342 e. The first-order valence-corrected chi connectivity index (χ1v) is 9.43. The highest BCUT2D eigenvalue weighted by Gasteiger charge is 2.40. The van der Waals surface area contributed by atoms with Gasteiger partial charge in [-0.3, -0.25) is 20.7 Å². The maximum Gasteiger partial charge on any atom is 0.229 e. The number of pyridine rings is 1. The zero-order valence-electron chi connectivity index (χ0n) is 15.4. The van der Waals surface area contributed by atoms with Gasteiger partial charge in [0.25, 0.3) is 0 Å². The highest BCUT2D eigenvalue weighted by atomic mass is 15.4. The molecule has 0 amide bonds. The van der Waals surface area contributed by atoms with Crippen LogP contribution >= 0.6 is 0 Å². The molecule has 0 radical (unpaired) electrons. The molecule has 2 aromatic heterocycles. The van der Waals surface area contributed by atoms with E-state index in [4.69, 9.17) is 15.8 Å². The second-order valence-corrected chi connectivity index (χ2v) is 6.92. The molecule has 0 unspecified atom stereocenters. The molecule has 1 atom stereocenters. The minimum atomic E-state index is -0.0802. The van der Waals surface area contributed by atoms with E-state index in [2.05, 4.69) is 27.1 Å². The Labute approximate surface area is 158 Å². The van der Waals surface area contributed by atoms with Crippen molar-refractivity contribution in [2.24, 2.45) is 0 Å². The molecule has 0 aromatic carbocycles. The van der Waals surface area contributed by atoms with Crippen LogP contribution in [0.3, 0.4) is 0 Å². The van der Waals surface area contributed by atoms with Crippen LogP contribution in [0.5, 0.6) is 0 Å². The summed E-state index contributed by atoms with van der Waals surface area (Å²) >= 11 is 0. The number of hydrogen-bond acceptors (Lipinski definition) is 7. The van der Waals surface area contributed by atoms with Gasteiger partial charge in [0.05, 0.1) is 30.5 Å². The third-order valence-corrected chi connectivity index (χ3v) is 5.32. The van der Waals surface area contributed by atoms with Crippen molar-refractivity contribution in [2.45, 2.75) is 51.1 Å². The minimum absolute atomic E-state index is 0.0802. The van der Waals surface area contributed by atoms with Gasteiger partial charge in [-0.15, -0.1) is 0 Å². The number of nitrogens with one attached hydrogen (secondary N) is 3. The van der Waals surface area contributed by atoms with Gasteiger partial charge < -0.3 is 10.2 Å². The van der Waals surface area contributed by atoms with Gasteiger partial charge in [-0.2, -0.15) is 4.98 Å². The van der Waals surface area contributed by atoms with Crippen LogP contribution in [0.4, 0.5) is 23.1 Å². The van der Waals surface area contributed by atoms with E-state index >= 15 is 0 Å². The first kappa shape index (κ1) is 17.4. The molecular formula is C19H24N8. The standard InChI is InChI=1S/C19H24N8/c1-2-15-17(21)26(12-20)16-11-23-19(24-13-6-5-9-22-10-13)25-18(16)27(15)14-7-3-4-8-14/h5-6,9-12,14-15,20-21H,2-4,7-8H2,1H3,(H,23,24,25)/t15-/m1/s1. The molecule has 140 valence electrons. The molecular weight excluding hydrogens is 340 g/mol. The molecule has 3 N–H and O–H groups in total. The molecule has 2 aromatic rings. The fourth-order valence-corrected chi connectivity index (χ4v) is 4.06. The van der Waals surface area contributed by atoms with Crippen molar-refractivity contribution >= 4 is 35.3 Å². The number of amidine groups is 1. The van der Waals surface area contributed by atoms with Gasteiger partial charge in [-0.05, 0) is 31.4 Å². The molecule has 4 rings (SSSR count). The van der Waals surface area contributed by atoms with Crippen molar-refractivity contribution < 1.29 is 0 Å². The van der Waals surface area contributed by atoms with Crippen LogP contribution in [-0.4, -0.2) is 39.2 Å². The molecule has 0 spiro atoms. The number of nitrogens with zero attached hydrogens (tertiary/aromatic N) is 5. The van der Waals surface area contributed by atoms with Gasteiger partial charge in [0, 0.05) is 12.2 Å². The summed E-state index contributed by atoms with van der Waals surface area (Å²) in [5.74, 6) is 1.72. The molecule has 1 saturated carbocycles. The Kier molecular flexibility index (Phi) is 4.70. The minimum Gasteiger partial charge on any atom is -0.342 e. The van der Waals surface area contributed by atoms with Crippen LogP contribution in [0, 0.1) is 10.8 Å². The summed E-state index contributed by atoms with van der Waals surface area (Å²) in [5.41, 5.74) is 1.52. The normalized spacial score (nSPS) is 19.9. The van der Waals surface area contributed by atoms with E-state index in [9.17, 15) is 0 Å². The molecule has 27 heavy (non-hydrogen) atoms. The molecule has 3 heterocycles. The fraction of sp³-hybridized carbons (Fsp3) is 0.421. The van der Waals surface area contributed by atoms with Gasteiger partial charge in [0.2, 0.25) is 5.95 Å². The van der Waals surface area contributed by atoms with Gasteiger partial charge in [-0.25, -0.2) is 4.98 Å². The monoisotopic (exact) mass is 364 g/mol. The van der Waals surface area contributed by atoms with Gasteiger partial charge >= 0.3 is 0 Å². The summed E-state index contributed by atoms with van der Waals surface area (Å²) in [4.78, 5) is 17.2. The number of hydrogen-bond donors (Lipinski definition) is 3. The predicted octanol–water partition coefficient (Wildman–Crippen LogP) is 3.55. The van der Waals surface area contributed by atoms with Crippen LogP contribution in [0.15, 0.2) is 30.7 Å². The molecule has 2 aliphatic rings. The molecule has 8 nitrogen and oxygen atoms in total. The van der Waals surface area contributed by atoms with Gasteiger partial charge in [-0.1, -0.05) is 19.8 Å². The van der Waals surface area contributed by atoms with Crippen LogP contribution < -0.4 is 15.1 Å². The smallest absolute Gasteiger partial charge is 0.229 e. The first-order chi connectivity index (χ1) is 13.2. The van der Waals surface area contributed by atoms with Gasteiger partial charge in [0.15, 0.2) is 5.82 Å². The summed E-state index contributed by atoms with van der Waals surface area (Å²) in [6.45, 7) is 2.09. The Morgan fingerprint density at radius 2 is 2.11 bits per heavy atom. The third-order valence-electron chi connectivity index (χ3n) is 5.32. The van der Waals surface area contributed by atoms with Crippen molar-refractivity contribution in [3.8, 4) is 0 Å². The van der Waals surface area contributed by atoms with Crippen LogP contribution in [0.1, 0.15) is 39.0 Å². The molecule has 0 bridgehead atoms. The lowest BCUT2D eigenvalue weighted by atomic mass is 10.0. The van der Waals surface area contributed by atoms with E-state index in [1.54, 1.807) is 23.5 Å². The second-order valence-electron chi connectivity index (χ2n) is 6.92.